The smallest absolute Gasteiger partial charge is 0.411 e. The number of amides is 1. The van der Waals surface area contributed by atoms with E-state index in [1.165, 1.54) is 0 Å². The van der Waals surface area contributed by atoms with Crippen LogP contribution in [0, 0.1) is 0 Å². The fourth-order valence-corrected chi connectivity index (χ4v) is 1.18. The Hall–Kier alpha value is -1.04. The van der Waals surface area contributed by atoms with Crippen molar-refractivity contribution < 1.29 is 19.4 Å². The summed E-state index contributed by atoms with van der Waals surface area (Å²) < 4.78 is 5.58. The quantitative estimate of drug-likeness (QED) is 0.863. The molecule has 5 nitrogen and oxygen atoms in total. The Morgan fingerprint density at radius 2 is 1.88 bits per heavy atom. The SMILES string of the molecule is C=C(Br)CN(CC(=O)O)C(=O)OC(C)(C)C. The largest absolute Gasteiger partial charge is 0.480 e. The Kier molecular flexibility index (Phi) is 5.50. The van der Waals surface area contributed by atoms with Gasteiger partial charge in [-0.3, -0.25) is 9.69 Å². The summed E-state index contributed by atoms with van der Waals surface area (Å²) in [7, 11) is 0. The standard InChI is InChI=1S/C10H16BrNO4/c1-7(11)5-12(6-8(13)14)9(15)16-10(2,3)4/h1,5-6H2,2-4H3,(H,13,14). The van der Waals surface area contributed by atoms with E-state index in [1.807, 2.05) is 0 Å². The molecule has 0 bridgehead atoms. The van der Waals surface area contributed by atoms with E-state index in [9.17, 15) is 9.59 Å². The number of hydrogen-bond donors (Lipinski definition) is 1. The van der Waals surface area contributed by atoms with Crippen LogP contribution in [0.1, 0.15) is 20.8 Å². The minimum atomic E-state index is -1.10. The van der Waals surface area contributed by atoms with Crippen molar-refractivity contribution in [3.8, 4) is 0 Å². The first kappa shape index (κ1) is 15.0. The second kappa shape index (κ2) is 5.89. The maximum absolute atomic E-state index is 11.6. The third kappa shape index (κ3) is 7.28. The van der Waals surface area contributed by atoms with Gasteiger partial charge in [0.05, 0.1) is 6.54 Å². The molecule has 0 aromatic rings. The van der Waals surface area contributed by atoms with Crippen LogP contribution in [0.25, 0.3) is 0 Å². The van der Waals surface area contributed by atoms with Gasteiger partial charge in [-0.1, -0.05) is 22.5 Å². The molecular formula is C10H16BrNO4. The zero-order valence-electron chi connectivity index (χ0n) is 9.62. The van der Waals surface area contributed by atoms with Crippen molar-refractivity contribution in [2.24, 2.45) is 0 Å². The van der Waals surface area contributed by atoms with E-state index in [1.54, 1.807) is 20.8 Å². The first-order chi connectivity index (χ1) is 7.11. The summed E-state index contributed by atoms with van der Waals surface area (Å²) in [5, 5.41) is 8.65. The van der Waals surface area contributed by atoms with Gasteiger partial charge in [0.15, 0.2) is 0 Å². The van der Waals surface area contributed by atoms with E-state index in [4.69, 9.17) is 9.84 Å². The summed E-state index contributed by atoms with van der Waals surface area (Å²) in [4.78, 5) is 23.2. The molecule has 1 amide bonds. The number of rotatable bonds is 4. The van der Waals surface area contributed by atoms with Crippen LogP contribution >= 0.6 is 15.9 Å². The molecule has 0 aliphatic carbocycles. The molecule has 1 N–H and O–H groups in total. The van der Waals surface area contributed by atoms with E-state index in [-0.39, 0.29) is 6.54 Å². The van der Waals surface area contributed by atoms with Crippen LogP contribution in [0.15, 0.2) is 11.1 Å². The van der Waals surface area contributed by atoms with Gasteiger partial charge in [-0.15, -0.1) is 0 Å². The third-order valence-electron chi connectivity index (χ3n) is 1.34. The second-order valence-electron chi connectivity index (χ2n) is 4.25. The summed E-state index contributed by atoms with van der Waals surface area (Å²) >= 11 is 3.08. The van der Waals surface area contributed by atoms with Crippen molar-refractivity contribution in [3.05, 3.63) is 11.1 Å². The van der Waals surface area contributed by atoms with Crippen molar-refractivity contribution in [2.75, 3.05) is 13.1 Å². The lowest BCUT2D eigenvalue weighted by molar-refractivity contribution is -0.138. The van der Waals surface area contributed by atoms with Gasteiger partial charge in [-0.2, -0.15) is 0 Å². The molecular weight excluding hydrogens is 278 g/mol. The molecule has 0 aromatic carbocycles. The lowest BCUT2D eigenvalue weighted by Gasteiger charge is -2.26. The van der Waals surface area contributed by atoms with Crippen molar-refractivity contribution in [2.45, 2.75) is 26.4 Å². The molecule has 0 aliphatic rings. The van der Waals surface area contributed by atoms with Crippen LogP contribution < -0.4 is 0 Å². The Morgan fingerprint density at radius 1 is 1.38 bits per heavy atom. The van der Waals surface area contributed by atoms with Crippen LogP contribution in [-0.4, -0.2) is 40.8 Å². The fourth-order valence-electron chi connectivity index (χ4n) is 0.882. The summed E-state index contributed by atoms with van der Waals surface area (Å²) in [6.07, 6.45) is -0.671. The highest BCUT2D eigenvalue weighted by molar-refractivity contribution is 9.11. The predicted octanol–water partition coefficient (Wildman–Crippen LogP) is 2.22. The van der Waals surface area contributed by atoms with E-state index < -0.39 is 24.2 Å². The topological polar surface area (TPSA) is 66.8 Å². The van der Waals surface area contributed by atoms with E-state index in [0.29, 0.717) is 4.48 Å². The van der Waals surface area contributed by atoms with E-state index >= 15 is 0 Å². The van der Waals surface area contributed by atoms with Crippen molar-refractivity contribution in [3.63, 3.8) is 0 Å². The van der Waals surface area contributed by atoms with Gasteiger partial charge >= 0.3 is 12.1 Å². The molecule has 6 heteroatoms. The number of nitrogens with zero attached hydrogens (tertiary/aromatic N) is 1. The first-order valence-electron chi connectivity index (χ1n) is 4.65. The van der Waals surface area contributed by atoms with Crippen LogP contribution in [-0.2, 0) is 9.53 Å². The minimum absolute atomic E-state index is 0.0984. The highest BCUT2D eigenvalue weighted by Gasteiger charge is 2.23. The highest BCUT2D eigenvalue weighted by atomic mass is 79.9. The van der Waals surface area contributed by atoms with Gasteiger partial charge in [0.25, 0.3) is 0 Å². The number of aliphatic carboxylic acids is 1. The average molecular weight is 294 g/mol. The molecule has 0 aromatic heterocycles. The third-order valence-corrected chi connectivity index (χ3v) is 1.59. The van der Waals surface area contributed by atoms with Crippen molar-refractivity contribution in [1.29, 1.82) is 0 Å². The molecule has 0 fully saturated rings. The van der Waals surface area contributed by atoms with Gasteiger partial charge in [-0.25, -0.2) is 4.79 Å². The Balaban J connectivity index is 4.56. The fraction of sp³-hybridized carbons (Fsp3) is 0.600. The molecule has 0 atom stereocenters. The number of ether oxygens (including phenoxy) is 1. The molecule has 0 saturated heterocycles. The Bertz CT molecular complexity index is 280. The number of hydrogen-bond acceptors (Lipinski definition) is 3. The number of carbonyl (C=O) groups excluding carboxylic acids is 1. The molecule has 0 heterocycles. The van der Waals surface area contributed by atoms with Crippen LogP contribution in [0.4, 0.5) is 4.79 Å². The van der Waals surface area contributed by atoms with Gasteiger partial charge < -0.3 is 9.84 Å². The molecule has 0 radical (unpaired) electrons. The molecule has 0 aliphatic heterocycles. The van der Waals surface area contributed by atoms with Crippen LogP contribution in [0.3, 0.4) is 0 Å². The Morgan fingerprint density at radius 3 is 2.19 bits per heavy atom. The minimum Gasteiger partial charge on any atom is -0.480 e. The van der Waals surface area contributed by atoms with Gasteiger partial charge in [0.1, 0.15) is 12.1 Å². The lowest BCUT2D eigenvalue weighted by atomic mass is 10.2. The first-order valence-corrected chi connectivity index (χ1v) is 5.44. The summed E-state index contributed by atoms with van der Waals surface area (Å²) in [6, 6.07) is 0. The number of carbonyl (C=O) groups is 2. The summed E-state index contributed by atoms with van der Waals surface area (Å²) in [6.45, 7) is 8.38. The number of carboxylic acids is 1. The Labute approximate surface area is 103 Å². The zero-order valence-corrected chi connectivity index (χ0v) is 11.2. The van der Waals surface area contributed by atoms with Gasteiger partial charge in [0, 0.05) is 4.48 Å². The van der Waals surface area contributed by atoms with E-state index in [2.05, 4.69) is 22.5 Å². The van der Waals surface area contributed by atoms with Gasteiger partial charge in [0.2, 0.25) is 0 Å². The highest BCUT2D eigenvalue weighted by Crippen LogP contribution is 2.12. The number of halogens is 1. The molecule has 0 unspecified atom stereocenters. The molecule has 16 heavy (non-hydrogen) atoms. The molecule has 0 saturated carbocycles. The zero-order chi connectivity index (χ0) is 12.9. The van der Waals surface area contributed by atoms with E-state index in [0.717, 1.165) is 4.90 Å². The second-order valence-corrected chi connectivity index (χ2v) is 5.37. The van der Waals surface area contributed by atoms with Crippen LogP contribution in [0.2, 0.25) is 0 Å². The normalized spacial score (nSPS) is 10.8. The van der Waals surface area contributed by atoms with Crippen LogP contribution in [0.5, 0.6) is 0 Å². The molecule has 0 spiro atoms. The van der Waals surface area contributed by atoms with Crippen molar-refractivity contribution in [1.82, 2.24) is 4.90 Å². The molecule has 0 rings (SSSR count). The summed E-state index contributed by atoms with van der Waals surface area (Å²) in [5.74, 6) is -1.10. The lowest BCUT2D eigenvalue weighted by Crippen LogP contribution is -2.40. The molecule has 92 valence electrons. The number of carboxylic acid groups (broad SMARTS) is 1. The maximum Gasteiger partial charge on any atom is 0.411 e. The van der Waals surface area contributed by atoms with Crippen molar-refractivity contribution >= 4 is 28.0 Å². The summed E-state index contributed by atoms with van der Waals surface area (Å²) in [5.41, 5.74) is -0.651. The average Bonchev–Trinajstić information content (AvgIpc) is 1.97. The maximum atomic E-state index is 11.6. The van der Waals surface area contributed by atoms with Gasteiger partial charge in [-0.05, 0) is 20.8 Å². The monoisotopic (exact) mass is 293 g/mol. The predicted molar refractivity (Wildman–Crippen MR) is 63.5 cm³/mol.